The summed E-state index contributed by atoms with van der Waals surface area (Å²) >= 11 is 1.67. The van der Waals surface area contributed by atoms with E-state index in [2.05, 4.69) is 15.6 Å². The number of aryl methyl sites for hydroxylation is 2. The second-order valence-corrected chi connectivity index (χ2v) is 8.52. The van der Waals surface area contributed by atoms with Crippen molar-refractivity contribution >= 4 is 23.3 Å². The Morgan fingerprint density at radius 1 is 1.00 bits per heavy atom. The number of rotatable bonds is 11. The average Bonchev–Trinajstić information content (AvgIpc) is 3.23. The van der Waals surface area contributed by atoms with E-state index in [0.29, 0.717) is 13.0 Å². The fourth-order valence-corrected chi connectivity index (χ4v) is 4.04. The van der Waals surface area contributed by atoms with Gasteiger partial charge in [0.2, 0.25) is 5.91 Å². The molecule has 32 heavy (non-hydrogen) atoms. The van der Waals surface area contributed by atoms with Gasteiger partial charge in [0.25, 0.3) is 0 Å². The van der Waals surface area contributed by atoms with E-state index in [0.717, 1.165) is 41.1 Å². The summed E-state index contributed by atoms with van der Waals surface area (Å²) in [4.78, 5) is 29.6. The van der Waals surface area contributed by atoms with Crippen LogP contribution in [0.1, 0.15) is 34.7 Å². The van der Waals surface area contributed by atoms with Gasteiger partial charge in [-0.25, -0.2) is 9.78 Å². The number of hydrogen-bond acceptors (Lipinski definition) is 5. The molecule has 2 amide bonds. The van der Waals surface area contributed by atoms with Gasteiger partial charge in [-0.2, -0.15) is 0 Å². The second-order valence-electron chi connectivity index (χ2n) is 7.58. The molecule has 0 aliphatic rings. The predicted octanol–water partition coefficient (Wildman–Crippen LogP) is 4.43. The van der Waals surface area contributed by atoms with Crippen LogP contribution in [0.2, 0.25) is 0 Å². The Morgan fingerprint density at radius 2 is 1.69 bits per heavy atom. The third kappa shape index (κ3) is 8.15. The van der Waals surface area contributed by atoms with Gasteiger partial charge >= 0.3 is 6.09 Å². The smallest absolute Gasteiger partial charge is 0.408 e. The first-order valence-electron chi connectivity index (χ1n) is 10.8. The number of thiazole rings is 1. The van der Waals surface area contributed by atoms with Crippen molar-refractivity contribution in [3.05, 3.63) is 87.9 Å². The normalized spacial score (nSPS) is 11.5. The number of unbranched alkanes of at least 4 members (excludes halogenated alkanes) is 1. The SMILES string of the molecule is Cc1csc(CCCCNC(=O)[C@H](Cc2ccccc2)NC(=O)OCc2ccccc2)n1. The zero-order chi connectivity index (χ0) is 22.6. The van der Waals surface area contributed by atoms with E-state index in [1.54, 1.807) is 11.3 Å². The van der Waals surface area contributed by atoms with Gasteiger partial charge in [-0.3, -0.25) is 4.79 Å². The van der Waals surface area contributed by atoms with E-state index in [9.17, 15) is 9.59 Å². The average molecular weight is 452 g/mol. The number of hydrogen-bond donors (Lipinski definition) is 2. The fraction of sp³-hybridized carbons (Fsp3) is 0.320. The summed E-state index contributed by atoms with van der Waals surface area (Å²) in [6.45, 7) is 2.70. The molecule has 3 aromatic rings. The van der Waals surface area contributed by atoms with E-state index in [4.69, 9.17) is 4.74 Å². The lowest BCUT2D eigenvalue weighted by molar-refractivity contribution is -0.123. The molecule has 0 aliphatic heterocycles. The maximum absolute atomic E-state index is 12.8. The van der Waals surface area contributed by atoms with Crippen LogP contribution in [0.5, 0.6) is 0 Å². The monoisotopic (exact) mass is 451 g/mol. The third-order valence-corrected chi connectivity index (χ3v) is 5.91. The van der Waals surface area contributed by atoms with Gasteiger partial charge in [0.1, 0.15) is 12.6 Å². The number of nitrogens with one attached hydrogen (secondary N) is 2. The molecule has 2 aromatic carbocycles. The van der Waals surface area contributed by atoms with Crippen LogP contribution >= 0.6 is 11.3 Å². The molecule has 0 fully saturated rings. The Balaban J connectivity index is 1.48. The Hall–Kier alpha value is -3.19. The minimum Gasteiger partial charge on any atom is -0.445 e. The summed E-state index contributed by atoms with van der Waals surface area (Å²) in [5, 5.41) is 8.84. The molecule has 0 aliphatic carbocycles. The Labute approximate surface area is 193 Å². The molecule has 1 heterocycles. The number of nitrogens with zero attached hydrogens (tertiary/aromatic N) is 1. The maximum atomic E-state index is 12.8. The summed E-state index contributed by atoms with van der Waals surface area (Å²) in [7, 11) is 0. The van der Waals surface area contributed by atoms with E-state index in [1.165, 1.54) is 0 Å². The second kappa shape index (κ2) is 12.6. The van der Waals surface area contributed by atoms with Crippen molar-refractivity contribution in [2.75, 3.05) is 6.54 Å². The number of alkyl carbamates (subject to hydrolysis) is 1. The van der Waals surface area contributed by atoms with Crippen LogP contribution in [0, 0.1) is 6.92 Å². The van der Waals surface area contributed by atoms with Gasteiger partial charge in [0, 0.05) is 24.0 Å². The van der Waals surface area contributed by atoms with Crippen molar-refractivity contribution in [3.8, 4) is 0 Å². The molecule has 7 heteroatoms. The number of carbonyl (C=O) groups excluding carboxylic acids is 2. The molecule has 3 rings (SSSR count). The van der Waals surface area contributed by atoms with Gasteiger partial charge in [-0.15, -0.1) is 11.3 Å². The maximum Gasteiger partial charge on any atom is 0.408 e. The van der Waals surface area contributed by atoms with Crippen molar-refractivity contribution in [2.24, 2.45) is 0 Å². The minimum atomic E-state index is -0.706. The van der Waals surface area contributed by atoms with Crippen molar-refractivity contribution in [1.82, 2.24) is 15.6 Å². The quantitative estimate of drug-likeness (QED) is 0.423. The van der Waals surface area contributed by atoms with Gasteiger partial charge in [-0.05, 0) is 37.3 Å². The van der Waals surface area contributed by atoms with Gasteiger partial charge < -0.3 is 15.4 Å². The summed E-state index contributed by atoms with van der Waals surface area (Å²) < 4.78 is 5.30. The van der Waals surface area contributed by atoms with E-state index < -0.39 is 12.1 Å². The zero-order valence-electron chi connectivity index (χ0n) is 18.3. The lowest BCUT2D eigenvalue weighted by atomic mass is 10.1. The first-order valence-corrected chi connectivity index (χ1v) is 11.7. The fourth-order valence-electron chi connectivity index (χ4n) is 3.22. The summed E-state index contributed by atoms with van der Waals surface area (Å²) in [5.41, 5.74) is 2.91. The highest BCUT2D eigenvalue weighted by Gasteiger charge is 2.21. The molecule has 168 valence electrons. The number of carbonyl (C=O) groups is 2. The Morgan fingerprint density at radius 3 is 2.34 bits per heavy atom. The third-order valence-electron chi connectivity index (χ3n) is 4.89. The molecule has 0 spiro atoms. The molecule has 2 N–H and O–H groups in total. The number of aromatic nitrogens is 1. The molecular formula is C25H29N3O3S. The van der Waals surface area contributed by atoms with Crippen molar-refractivity contribution in [1.29, 1.82) is 0 Å². The zero-order valence-corrected chi connectivity index (χ0v) is 19.1. The van der Waals surface area contributed by atoms with Crippen LogP contribution < -0.4 is 10.6 Å². The molecule has 0 saturated carbocycles. The molecule has 1 aromatic heterocycles. The van der Waals surface area contributed by atoms with Crippen molar-refractivity contribution < 1.29 is 14.3 Å². The highest BCUT2D eigenvalue weighted by atomic mass is 32.1. The molecule has 0 saturated heterocycles. The lowest BCUT2D eigenvalue weighted by Gasteiger charge is -2.18. The van der Waals surface area contributed by atoms with Gasteiger partial charge in [0.05, 0.1) is 5.01 Å². The summed E-state index contributed by atoms with van der Waals surface area (Å²) in [5.74, 6) is -0.212. The molecule has 0 bridgehead atoms. The molecular weight excluding hydrogens is 422 g/mol. The highest BCUT2D eigenvalue weighted by molar-refractivity contribution is 7.09. The molecule has 1 atom stereocenters. The largest absolute Gasteiger partial charge is 0.445 e. The molecule has 0 radical (unpaired) electrons. The standard InChI is InChI=1S/C25H29N3O3S/c1-19-18-32-23(27-19)14-8-9-15-26-24(29)22(16-20-10-4-2-5-11-20)28-25(30)31-17-21-12-6-3-7-13-21/h2-7,10-13,18,22H,8-9,14-17H2,1H3,(H,26,29)(H,28,30)/t22-/m0/s1. The van der Waals surface area contributed by atoms with Crippen molar-refractivity contribution in [2.45, 2.75) is 45.3 Å². The number of ether oxygens (including phenoxy) is 1. The van der Waals surface area contributed by atoms with Crippen LogP contribution in [0.15, 0.2) is 66.0 Å². The highest BCUT2D eigenvalue weighted by Crippen LogP contribution is 2.11. The first kappa shape index (κ1) is 23.5. The van der Waals surface area contributed by atoms with Crippen molar-refractivity contribution in [3.63, 3.8) is 0 Å². The van der Waals surface area contributed by atoms with Gasteiger partial charge in [0.15, 0.2) is 0 Å². The molecule has 6 nitrogen and oxygen atoms in total. The minimum absolute atomic E-state index is 0.155. The Kier molecular flexibility index (Phi) is 9.25. The Bertz CT molecular complexity index is 976. The predicted molar refractivity (Wildman–Crippen MR) is 126 cm³/mol. The van der Waals surface area contributed by atoms with Gasteiger partial charge in [-0.1, -0.05) is 60.7 Å². The van der Waals surface area contributed by atoms with Crippen LogP contribution in [0.25, 0.3) is 0 Å². The topological polar surface area (TPSA) is 80.3 Å². The van der Waals surface area contributed by atoms with E-state index >= 15 is 0 Å². The van der Waals surface area contributed by atoms with E-state index in [1.807, 2.05) is 73.0 Å². The van der Waals surface area contributed by atoms with Crippen LogP contribution in [-0.4, -0.2) is 29.6 Å². The molecule has 0 unspecified atom stereocenters. The first-order chi connectivity index (χ1) is 15.6. The summed E-state index contributed by atoms with van der Waals surface area (Å²) in [6.07, 6.45) is 2.49. The van der Waals surface area contributed by atoms with E-state index in [-0.39, 0.29) is 12.5 Å². The number of benzene rings is 2. The lowest BCUT2D eigenvalue weighted by Crippen LogP contribution is -2.48. The van der Waals surface area contributed by atoms with Crippen LogP contribution in [-0.2, 0) is 29.0 Å². The number of amides is 2. The van der Waals surface area contributed by atoms with Crippen LogP contribution in [0.3, 0.4) is 0 Å². The summed E-state index contributed by atoms with van der Waals surface area (Å²) in [6, 6.07) is 18.4. The van der Waals surface area contributed by atoms with Crippen LogP contribution in [0.4, 0.5) is 4.79 Å².